The molecule has 2 aromatic rings. The van der Waals surface area contributed by atoms with Gasteiger partial charge in [-0.3, -0.25) is 4.72 Å². The molecule has 0 saturated carbocycles. The molecule has 0 aliphatic rings. The molecule has 108 valence electrons. The number of alkyl halides is 1. The summed E-state index contributed by atoms with van der Waals surface area (Å²) in [5, 5.41) is 0.592. The van der Waals surface area contributed by atoms with E-state index in [0.717, 1.165) is 11.3 Å². The zero-order valence-electron chi connectivity index (χ0n) is 10.8. The fourth-order valence-electron chi connectivity index (χ4n) is 1.64. The van der Waals surface area contributed by atoms with Crippen molar-refractivity contribution in [2.75, 3.05) is 11.3 Å². The molecule has 1 aromatic carbocycles. The second-order valence-electron chi connectivity index (χ2n) is 3.91. The zero-order valence-corrected chi connectivity index (χ0v) is 13.2. The summed E-state index contributed by atoms with van der Waals surface area (Å²) in [4.78, 5) is 6.26. The Morgan fingerprint density at radius 3 is 2.85 bits per heavy atom. The van der Waals surface area contributed by atoms with Crippen molar-refractivity contribution in [3.63, 3.8) is 0 Å². The van der Waals surface area contributed by atoms with Crippen LogP contribution in [0.4, 0.5) is 5.69 Å². The number of aromatic amines is 1. The molecule has 0 aliphatic carbocycles. The molecular formula is C12H14BrN3O3S. The Morgan fingerprint density at radius 2 is 2.25 bits per heavy atom. The second-order valence-corrected chi connectivity index (χ2v) is 6.12. The molecule has 1 aromatic heterocycles. The van der Waals surface area contributed by atoms with E-state index in [0.29, 0.717) is 17.6 Å². The Labute approximate surface area is 125 Å². The van der Waals surface area contributed by atoms with Crippen LogP contribution in [0.3, 0.4) is 0 Å². The quantitative estimate of drug-likeness (QED) is 0.776. The Morgan fingerprint density at radius 1 is 1.45 bits per heavy atom. The van der Waals surface area contributed by atoms with Crippen LogP contribution in [0.1, 0.15) is 12.5 Å². The maximum atomic E-state index is 12.0. The number of H-pyrrole nitrogens is 1. The molecule has 0 unspecified atom stereocenters. The number of ether oxygens (including phenoxy) is 1. The van der Waals surface area contributed by atoms with Crippen LogP contribution in [0.5, 0.6) is 5.75 Å². The summed E-state index contributed by atoms with van der Waals surface area (Å²) in [6.07, 6.45) is 2.57. The first kappa shape index (κ1) is 14.9. The van der Waals surface area contributed by atoms with E-state index in [2.05, 4.69) is 30.6 Å². The normalized spacial score (nSPS) is 11.3. The van der Waals surface area contributed by atoms with Gasteiger partial charge in [0.2, 0.25) is 0 Å². The van der Waals surface area contributed by atoms with Crippen LogP contribution in [0.25, 0.3) is 0 Å². The van der Waals surface area contributed by atoms with Gasteiger partial charge in [0.05, 0.1) is 19.1 Å². The highest BCUT2D eigenvalue weighted by Crippen LogP contribution is 2.26. The lowest BCUT2D eigenvalue weighted by molar-refractivity contribution is 0.338. The van der Waals surface area contributed by atoms with Gasteiger partial charge < -0.3 is 9.72 Å². The summed E-state index contributed by atoms with van der Waals surface area (Å²) in [6.45, 7) is 2.45. The van der Waals surface area contributed by atoms with Crippen molar-refractivity contribution < 1.29 is 13.2 Å². The van der Waals surface area contributed by atoms with Crippen molar-refractivity contribution in [1.82, 2.24) is 9.97 Å². The van der Waals surface area contributed by atoms with Gasteiger partial charge in [0, 0.05) is 16.6 Å². The summed E-state index contributed by atoms with van der Waals surface area (Å²) in [6, 6.07) is 5.13. The number of sulfonamides is 1. The minimum atomic E-state index is -3.64. The highest BCUT2D eigenvalue weighted by Gasteiger charge is 2.16. The number of halogens is 1. The molecule has 6 nitrogen and oxygen atoms in total. The third-order valence-corrected chi connectivity index (χ3v) is 4.43. The summed E-state index contributed by atoms with van der Waals surface area (Å²) in [5.41, 5.74) is 1.34. The zero-order chi connectivity index (χ0) is 14.6. The van der Waals surface area contributed by atoms with Gasteiger partial charge in [-0.05, 0) is 25.1 Å². The van der Waals surface area contributed by atoms with Crippen LogP contribution in [-0.4, -0.2) is 25.0 Å². The lowest BCUT2D eigenvalue weighted by Gasteiger charge is -2.11. The van der Waals surface area contributed by atoms with Crippen molar-refractivity contribution in [2.24, 2.45) is 0 Å². The van der Waals surface area contributed by atoms with Crippen molar-refractivity contribution in [3.05, 3.63) is 36.3 Å². The first-order chi connectivity index (χ1) is 9.56. The third kappa shape index (κ3) is 3.31. The van der Waals surface area contributed by atoms with E-state index in [9.17, 15) is 8.42 Å². The lowest BCUT2D eigenvalue weighted by Crippen LogP contribution is -2.13. The van der Waals surface area contributed by atoms with Crippen molar-refractivity contribution >= 4 is 31.6 Å². The molecule has 8 heteroatoms. The molecule has 1 heterocycles. The molecule has 0 atom stereocenters. The van der Waals surface area contributed by atoms with E-state index in [1.165, 1.54) is 12.5 Å². The number of aromatic nitrogens is 2. The minimum absolute atomic E-state index is 0.0202. The minimum Gasteiger partial charge on any atom is -0.494 e. The van der Waals surface area contributed by atoms with Gasteiger partial charge in [-0.25, -0.2) is 4.98 Å². The SMILES string of the molecule is CCOc1ccc(NS(=O)(=O)c2cnc[nH]2)cc1CBr. The number of anilines is 1. The highest BCUT2D eigenvalue weighted by atomic mass is 79.9. The maximum absolute atomic E-state index is 12.0. The van der Waals surface area contributed by atoms with E-state index in [1.54, 1.807) is 18.2 Å². The summed E-state index contributed by atoms with van der Waals surface area (Å²) in [7, 11) is -3.64. The summed E-state index contributed by atoms with van der Waals surface area (Å²) < 4.78 is 32.0. The van der Waals surface area contributed by atoms with Crippen molar-refractivity contribution in [3.8, 4) is 5.75 Å². The van der Waals surface area contributed by atoms with E-state index in [-0.39, 0.29) is 5.03 Å². The van der Waals surface area contributed by atoms with Crippen molar-refractivity contribution in [1.29, 1.82) is 0 Å². The molecule has 0 aliphatic heterocycles. The van der Waals surface area contributed by atoms with Crippen LogP contribution in [0.2, 0.25) is 0 Å². The molecule has 0 fully saturated rings. The number of benzene rings is 1. The van der Waals surface area contributed by atoms with E-state index in [4.69, 9.17) is 4.74 Å². The molecule has 0 bridgehead atoms. The molecular weight excluding hydrogens is 346 g/mol. The first-order valence-electron chi connectivity index (χ1n) is 5.89. The Balaban J connectivity index is 2.26. The predicted molar refractivity (Wildman–Crippen MR) is 79.6 cm³/mol. The summed E-state index contributed by atoms with van der Waals surface area (Å²) >= 11 is 3.36. The lowest BCUT2D eigenvalue weighted by atomic mass is 10.2. The first-order valence-corrected chi connectivity index (χ1v) is 8.50. The maximum Gasteiger partial charge on any atom is 0.278 e. The molecule has 0 amide bonds. The number of rotatable bonds is 6. The van der Waals surface area contributed by atoms with Crippen LogP contribution in [0.15, 0.2) is 35.7 Å². The van der Waals surface area contributed by atoms with Gasteiger partial charge in [-0.15, -0.1) is 0 Å². The second kappa shape index (κ2) is 6.27. The van der Waals surface area contributed by atoms with Gasteiger partial charge in [-0.1, -0.05) is 15.9 Å². The third-order valence-electron chi connectivity index (χ3n) is 2.52. The number of imidazole rings is 1. The largest absolute Gasteiger partial charge is 0.494 e. The Hall–Kier alpha value is -1.54. The number of hydrogen-bond acceptors (Lipinski definition) is 4. The smallest absolute Gasteiger partial charge is 0.278 e. The van der Waals surface area contributed by atoms with Crippen LogP contribution in [0, 0.1) is 0 Å². The van der Waals surface area contributed by atoms with Crippen LogP contribution < -0.4 is 9.46 Å². The average Bonchev–Trinajstić information content (AvgIpc) is 2.95. The predicted octanol–water partition coefficient (Wildman–Crippen LogP) is 2.50. The Bertz CT molecular complexity index is 671. The monoisotopic (exact) mass is 359 g/mol. The van der Waals surface area contributed by atoms with Gasteiger partial charge in [0.1, 0.15) is 5.75 Å². The highest BCUT2D eigenvalue weighted by molar-refractivity contribution is 9.08. The van der Waals surface area contributed by atoms with E-state index in [1.807, 2.05) is 6.92 Å². The molecule has 0 spiro atoms. The number of nitrogens with zero attached hydrogens (tertiary/aromatic N) is 1. The van der Waals surface area contributed by atoms with Gasteiger partial charge in [0.25, 0.3) is 10.0 Å². The molecule has 0 radical (unpaired) electrons. The van der Waals surface area contributed by atoms with E-state index < -0.39 is 10.0 Å². The van der Waals surface area contributed by atoms with Crippen molar-refractivity contribution in [2.45, 2.75) is 17.3 Å². The Kier molecular flexibility index (Phi) is 4.66. The van der Waals surface area contributed by atoms with Crippen LogP contribution in [-0.2, 0) is 15.4 Å². The topological polar surface area (TPSA) is 84.1 Å². The summed E-state index contributed by atoms with van der Waals surface area (Å²) in [5.74, 6) is 0.730. The molecule has 20 heavy (non-hydrogen) atoms. The standard InChI is InChI=1S/C12H14BrN3O3S/c1-2-19-11-4-3-10(5-9(11)6-13)16-20(17,18)12-7-14-8-15-12/h3-5,7-8,16H,2,6H2,1H3,(H,14,15). The molecule has 2 rings (SSSR count). The van der Waals surface area contributed by atoms with Crippen LogP contribution >= 0.6 is 15.9 Å². The molecule has 0 saturated heterocycles. The average molecular weight is 360 g/mol. The fraction of sp³-hybridized carbons (Fsp3) is 0.250. The molecule has 2 N–H and O–H groups in total. The van der Waals surface area contributed by atoms with Gasteiger partial charge in [0.15, 0.2) is 5.03 Å². The number of nitrogens with one attached hydrogen (secondary N) is 2. The van der Waals surface area contributed by atoms with Gasteiger partial charge in [-0.2, -0.15) is 8.42 Å². The number of hydrogen-bond donors (Lipinski definition) is 2. The fourth-order valence-corrected chi connectivity index (χ4v) is 3.04. The van der Waals surface area contributed by atoms with E-state index >= 15 is 0 Å². The van der Waals surface area contributed by atoms with Gasteiger partial charge >= 0.3 is 0 Å².